The van der Waals surface area contributed by atoms with Crippen molar-refractivity contribution in [2.45, 2.75) is 42.1 Å². The standard InChI is InChI=1S/C13H16FN3S2/c1-13(2,3)15-7-9-6-10(14)4-5-11(9)19-12-17-16-8-18-12/h4-6,8,15H,7H2,1-3H3. The lowest BCUT2D eigenvalue weighted by atomic mass is 10.1. The molecular weight excluding hydrogens is 281 g/mol. The molecule has 0 radical (unpaired) electrons. The summed E-state index contributed by atoms with van der Waals surface area (Å²) in [6.45, 7) is 6.89. The molecule has 0 bridgehead atoms. The van der Waals surface area contributed by atoms with Crippen molar-refractivity contribution in [1.82, 2.24) is 15.5 Å². The Bertz CT molecular complexity index is 535. The van der Waals surface area contributed by atoms with E-state index in [1.54, 1.807) is 17.6 Å². The van der Waals surface area contributed by atoms with Crippen molar-refractivity contribution in [3.8, 4) is 0 Å². The minimum absolute atomic E-state index is 0.00298. The molecule has 0 saturated heterocycles. The van der Waals surface area contributed by atoms with Crippen LogP contribution in [-0.2, 0) is 6.54 Å². The van der Waals surface area contributed by atoms with Crippen molar-refractivity contribution >= 4 is 23.1 Å². The van der Waals surface area contributed by atoms with Gasteiger partial charge in [-0.1, -0.05) is 23.1 Å². The maximum absolute atomic E-state index is 13.4. The first kappa shape index (κ1) is 14.4. The highest BCUT2D eigenvalue weighted by Crippen LogP contribution is 2.31. The molecule has 19 heavy (non-hydrogen) atoms. The highest BCUT2D eigenvalue weighted by molar-refractivity contribution is 8.01. The fourth-order valence-electron chi connectivity index (χ4n) is 1.45. The normalized spacial score (nSPS) is 11.8. The molecule has 0 fully saturated rings. The first-order valence-corrected chi connectivity index (χ1v) is 7.61. The van der Waals surface area contributed by atoms with Gasteiger partial charge in [-0.25, -0.2) is 4.39 Å². The Morgan fingerprint density at radius 2 is 2.16 bits per heavy atom. The van der Waals surface area contributed by atoms with Gasteiger partial charge in [-0.15, -0.1) is 10.2 Å². The topological polar surface area (TPSA) is 37.8 Å². The molecule has 6 heteroatoms. The molecule has 0 saturated carbocycles. The van der Waals surface area contributed by atoms with Crippen LogP contribution in [0.5, 0.6) is 0 Å². The first-order valence-electron chi connectivity index (χ1n) is 5.91. The number of hydrogen-bond acceptors (Lipinski definition) is 5. The van der Waals surface area contributed by atoms with Crippen LogP contribution in [0.3, 0.4) is 0 Å². The van der Waals surface area contributed by atoms with E-state index in [0.717, 1.165) is 14.8 Å². The van der Waals surface area contributed by atoms with Crippen LogP contribution in [0.2, 0.25) is 0 Å². The van der Waals surface area contributed by atoms with E-state index in [9.17, 15) is 4.39 Å². The molecule has 0 aliphatic rings. The predicted octanol–water partition coefficient (Wildman–Crippen LogP) is 3.72. The first-order chi connectivity index (χ1) is 8.94. The SMILES string of the molecule is CC(C)(C)NCc1cc(F)ccc1Sc1nncs1. The van der Waals surface area contributed by atoms with E-state index >= 15 is 0 Å². The molecule has 0 atom stereocenters. The molecule has 0 aliphatic heterocycles. The zero-order chi connectivity index (χ0) is 13.9. The van der Waals surface area contributed by atoms with Crippen LogP contribution in [0, 0.1) is 5.82 Å². The highest BCUT2D eigenvalue weighted by atomic mass is 32.2. The summed E-state index contributed by atoms with van der Waals surface area (Å²) in [5.41, 5.74) is 2.63. The van der Waals surface area contributed by atoms with Gasteiger partial charge in [0.2, 0.25) is 0 Å². The molecule has 1 aromatic carbocycles. The number of hydrogen-bond donors (Lipinski definition) is 1. The Hall–Kier alpha value is -0.980. The average molecular weight is 297 g/mol. The third-order valence-electron chi connectivity index (χ3n) is 2.37. The van der Waals surface area contributed by atoms with Gasteiger partial charge in [0.15, 0.2) is 4.34 Å². The molecule has 1 aromatic heterocycles. The second kappa shape index (κ2) is 5.98. The van der Waals surface area contributed by atoms with E-state index in [-0.39, 0.29) is 11.4 Å². The third-order valence-corrected chi connectivity index (χ3v) is 4.27. The zero-order valence-corrected chi connectivity index (χ0v) is 12.7. The number of nitrogens with zero attached hydrogens (tertiary/aromatic N) is 2. The fourth-order valence-corrected chi connectivity index (χ4v) is 2.99. The van der Waals surface area contributed by atoms with Gasteiger partial charge in [0.25, 0.3) is 0 Å². The lowest BCUT2D eigenvalue weighted by Gasteiger charge is -2.21. The molecule has 2 rings (SSSR count). The fraction of sp³-hybridized carbons (Fsp3) is 0.385. The van der Waals surface area contributed by atoms with Crippen molar-refractivity contribution in [2.75, 3.05) is 0 Å². The van der Waals surface area contributed by atoms with E-state index < -0.39 is 0 Å². The number of halogens is 1. The van der Waals surface area contributed by atoms with Crippen LogP contribution in [0.1, 0.15) is 26.3 Å². The van der Waals surface area contributed by atoms with Gasteiger partial charge in [-0.3, -0.25) is 0 Å². The van der Waals surface area contributed by atoms with E-state index in [4.69, 9.17) is 0 Å². The molecule has 102 valence electrons. The third kappa shape index (κ3) is 4.56. The average Bonchev–Trinajstić information content (AvgIpc) is 2.81. The van der Waals surface area contributed by atoms with E-state index in [1.807, 2.05) is 0 Å². The molecule has 0 spiro atoms. The molecular formula is C13H16FN3S2. The summed E-state index contributed by atoms with van der Waals surface area (Å²) < 4.78 is 14.2. The van der Waals surface area contributed by atoms with Crippen LogP contribution in [0.25, 0.3) is 0 Å². The summed E-state index contributed by atoms with van der Waals surface area (Å²) >= 11 is 3.00. The Balaban J connectivity index is 2.18. The maximum atomic E-state index is 13.4. The predicted molar refractivity (Wildman–Crippen MR) is 77.0 cm³/mol. The highest BCUT2D eigenvalue weighted by Gasteiger charge is 2.12. The number of benzene rings is 1. The Morgan fingerprint density at radius 3 is 2.79 bits per heavy atom. The van der Waals surface area contributed by atoms with Crippen molar-refractivity contribution in [3.63, 3.8) is 0 Å². The van der Waals surface area contributed by atoms with Gasteiger partial charge in [-0.05, 0) is 44.5 Å². The molecule has 1 heterocycles. The van der Waals surface area contributed by atoms with Gasteiger partial charge in [0, 0.05) is 17.0 Å². The minimum Gasteiger partial charge on any atom is -0.308 e. The van der Waals surface area contributed by atoms with Crippen molar-refractivity contribution in [3.05, 3.63) is 35.1 Å². The van der Waals surface area contributed by atoms with Gasteiger partial charge in [0.05, 0.1) is 0 Å². The van der Waals surface area contributed by atoms with Crippen LogP contribution in [-0.4, -0.2) is 15.7 Å². The Morgan fingerprint density at radius 1 is 1.37 bits per heavy atom. The van der Waals surface area contributed by atoms with Crippen LogP contribution >= 0.6 is 23.1 Å². The van der Waals surface area contributed by atoms with E-state index in [2.05, 4.69) is 36.3 Å². The lowest BCUT2D eigenvalue weighted by Crippen LogP contribution is -2.35. The molecule has 0 amide bonds. The number of rotatable bonds is 4. The quantitative estimate of drug-likeness (QED) is 0.933. The maximum Gasteiger partial charge on any atom is 0.178 e. The summed E-state index contributed by atoms with van der Waals surface area (Å²) in [4.78, 5) is 1.01. The Labute approximate surface area is 120 Å². The van der Waals surface area contributed by atoms with Gasteiger partial charge < -0.3 is 5.32 Å². The monoisotopic (exact) mass is 297 g/mol. The smallest absolute Gasteiger partial charge is 0.178 e. The molecule has 3 nitrogen and oxygen atoms in total. The van der Waals surface area contributed by atoms with Gasteiger partial charge in [-0.2, -0.15) is 0 Å². The molecule has 0 aliphatic carbocycles. The largest absolute Gasteiger partial charge is 0.308 e. The second-order valence-electron chi connectivity index (χ2n) is 5.16. The van der Waals surface area contributed by atoms with Crippen molar-refractivity contribution in [1.29, 1.82) is 0 Å². The van der Waals surface area contributed by atoms with E-state index in [1.165, 1.54) is 29.2 Å². The van der Waals surface area contributed by atoms with Crippen molar-refractivity contribution in [2.24, 2.45) is 0 Å². The van der Waals surface area contributed by atoms with Crippen LogP contribution in [0.15, 0.2) is 32.9 Å². The van der Waals surface area contributed by atoms with Gasteiger partial charge >= 0.3 is 0 Å². The Kier molecular flexibility index (Phi) is 4.54. The summed E-state index contributed by atoms with van der Waals surface area (Å²) in [6, 6.07) is 4.84. The summed E-state index contributed by atoms with van der Waals surface area (Å²) in [7, 11) is 0. The minimum atomic E-state index is -0.215. The van der Waals surface area contributed by atoms with E-state index in [0.29, 0.717) is 6.54 Å². The number of aromatic nitrogens is 2. The summed E-state index contributed by atoms with van der Waals surface area (Å²) in [5, 5.41) is 11.2. The second-order valence-corrected chi connectivity index (χ2v) is 7.28. The molecule has 0 unspecified atom stereocenters. The lowest BCUT2D eigenvalue weighted by molar-refractivity contribution is 0.422. The van der Waals surface area contributed by atoms with Gasteiger partial charge in [0.1, 0.15) is 11.3 Å². The van der Waals surface area contributed by atoms with Crippen molar-refractivity contribution < 1.29 is 4.39 Å². The summed E-state index contributed by atoms with van der Waals surface area (Å²) in [6.07, 6.45) is 0. The zero-order valence-electron chi connectivity index (χ0n) is 11.1. The van der Waals surface area contributed by atoms with Crippen LogP contribution < -0.4 is 5.32 Å². The molecule has 2 aromatic rings. The van der Waals surface area contributed by atoms with Crippen LogP contribution in [0.4, 0.5) is 4.39 Å². The summed E-state index contributed by atoms with van der Waals surface area (Å²) in [5.74, 6) is -0.215. The number of nitrogens with one attached hydrogen (secondary N) is 1. The molecule has 1 N–H and O–H groups in total.